The molecule has 0 spiro atoms. The lowest BCUT2D eigenvalue weighted by atomic mass is 10.1. The van der Waals surface area contributed by atoms with E-state index in [2.05, 4.69) is 5.32 Å². The molecule has 1 N–H and O–H groups in total. The molecule has 0 saturated heterocycles. The van der Waals surface area contributed by atoms with E-state index in [-0.39, 0.29) is 24.2 Å². The Hall–Kier alpha value is -3.45. The average Bonchev–Trinajstić information content (AvgIpc) is 2.66. The largest absolute Gasteiger partial charge is 0.324 e. The summed E-state index contributed by atoms with van der Waals surface area (Å²) >= 11 is 0. The predicted molar refractivity (Wildman–Crippen MR) is 109 cm³/mol. The van der Waals surface area contributed by atoms with Gasteiger partial charge >= 0.3 is 0 Å². The van der Waals surface area contributed by atoms with Gasteiger partial charge in [0.2, 0.25) is 15.9 Å². The molecule has 0 bridgehead atoms. The van der Waals surface area contributed by atoms with Gasteiger partial charge in [0.1, 0.15) is 6.04 Å². The Bertz CT molecular complexity index is 1050. The number of carbonyl (C=O) groups is 1. The zero-order chi connectivity index (χ0) is 21.6. The lowest BCUT2D eigenvalue weighted by Gasteiger charge is -2.30. The summed E-state index contributed by atoms with van der Waals surface area (Å²) in [5.41, 5.74) is 0.988. The normalized spacial score (nSPS) is 11.9. The summed E-state index contributed by atoms with van der Waals surface area (Å²) in [7, 11) is -3.91. The minimum atomic E-state index is -3.91. The quantitative estimate of drug-likeness (QED) is 0.519. The third-order valence-electron chi connectivity index (χ3n) is 4.13. The number of nitro groups is 1. The molecule has 1 atom stereocenters. The molecule has 0 aliphatic carbocycles. The number of benzene rings is 2. The lowest BCUT2D eigenvalue weighted by Crippen LogP contribution is -2.47. The maximum absolute atomic E-state index is 12.8. The first-order valence-corrected chi connectivity index (χ1v) is 10.5. The van der Waals surface area contributed by atoms with Crippen LogP contribution >= 0.6 is 0 Å². The topological polar surface area (TPSA) is 133 Å². The van der Waals surface area contributed by atoms with Crippen molar-refractivity contribution in [2.75, 3.05) is 15.9 Å². The highest BCUT2D eigenvalue weighted by Crippen LogP contribution is 2.27. The number of hydrogen-bond acceptors (Lipinski definition) is 6. The molecule has 29 heavy (non-hydrogen) atoms. The SMILES string of the molecule is CCC(C(=O)Nc1ccc(CC#N)cc1)N(c1cccc([N+](=O)[O-])c1)S(C)(=O)=O. The number of amides is 1. The maximum Gasteiger partial charge on any atom is 0.271 e. The van der Waals surface area contributed by atoms with E-state index < -0.39 is 26.9 Å². The molecule has 0 fully saturated rings. The molecule has 9 nitrogen and oxygen atoms in total. The van der Waals surface area contributed by atoms with Gasteiger partial charge in [-0.25, -0.2) is 8.42 Å². The first kappa shape index (κ1) is 21.8. The van der Waals surface area contributed by atoms with Gasteiger partial charge in [-0.3, -0.25) is 19.2 Å². The summed E-state index contributed by atoms with van der Waals surface area (Å²) in [6.45, 7) is 1.65. The van der Waals surface area contributed by atoms with Crippen LogP contribution in [0.4, 0.5) is 17.1 Å². The number of sulfonamides is 1. The Labute approximate surface area is 168 Å². The molecule has 2 aromatic rings. The summed E-state index contributed by atoms with van der Waals surface area (Å²) in [5.74, 6) is -0.572. The standard InChI is InChI=1S/C19H20N4O5S/c1-3-18(19(24)21-15-9-7-14(8-10-15)11-12-20)22(29(2,27)28)16-5-4-6-17(13-16)23(25)26/h4-10,13,18H,3,11H2,1-2H3,(H,21,24). The van der Waals surface area contributed by atoms with Crippen molar-refractivity contribution in [1.82, 2.24) is 0 Å². The Morgan fingerprint density at radius 2 is 1.93 bits per heavy atom. The molecular weight excluding hydrogens is 396 g/mol. The van der Waals surface area contributed by atoms with Crippen LogP contribution in [0.15, 0.2) is 48.5 Å². The molecule has 0 radical (unpaired) electrons. The molecular formula is C19H20N4O5S. The van der Waals surface area contributed by atoms with Crippen LogP contribution in [0.1, 0.15) is 18.9 Å². The highest BCUT2D eigenvalue weighted by Gasteiger charge is 2.32. The van der Waals surface area contributed by atoms with Crippen molar-refractivity contribution < 1.29 is 18.1 Å². The number of nitro benzene ring substituents is 1. The average molecular weight is 416 g/mol. The van der Waals surface area contributed by atoms with Gasteiger partial charge < -0.3 is 5.32 Å². The maximum atomic E-state index is 12.8. The number of nitrogens with one attached hydrogen (secondary N) is 1. The van der Waals surface area contributed by atoms with Crippen LogP contribution in [0, 0.1) is 21.4 Å². The first-order valence-electron chi connectivity index (χ1n) is 8.68. The number of nitriles is 1. The third-order valence-corrected chi connectivity index (χ3v) is 5.31. The van der Waals surface area contributed by atoms with Crippen molar-refractivity contribution in [3.63, 3.8) is 0 Å². The molecule has 1 amide bonds. The van der Waals surface area contributed by atoms with E-state index in [1.54, 1.807) is 31.2 Å². The molecule has 0 saturated carbocycles. The fourth-order valence-corrected chi connectivity index (χ4v) is 4.03. The van der Waals surface area contributed by atoms with Gasteiger partial charge in [0, 0.05) is 17.8 Å². The second kappa shape index (κ2) is 9.16. The van der Waals surface area contributed by atoms with Crippen LogP contribution in [0.25, 0.3) is 0 Å². The van der Waals surface area contributed by atoms with Crippen LogP contribution in [0.2, 0.25) is 0 Å². The fraction of sp³-hybridized carbons (Fsp3) is 0.263. The summed E-state index contributed by atoms with van der Waals surface area (Å²) < 4.78 is 25.8. The van der Waals surface area contributed by atoms with E-state index in [4.69, 9.17) is 5.26 Å². The molecule has 2 aromatic carbocycles. The lowest BCUT2D eigenvalue weighted by molar-refractivity contribution is -0.384. The monoisotopic (exact) mass is 416 g/mol. The van der Waals surface area contributed by atoms with Crippen LogP contribution in [0.3, 0.4) is 0 Å². The number of hydrogen-bond donors (Lipinski definition) is 1. The number of anilines is 2. The van der Waals surface area contributed by atoms with Crippen LogP contribution in [0.5, 0.6) is 0 Å². The predicted octanol–water partition coefficient (Wildman–Crippen LogP) is 2.84. The van der Waals surface area contributed by atoms with E-state index in [0.717, 1.165) is 22.2 Å². The molecule has 10 heteroatoms. The fourth-order valence-electron chi connectivity index (χ4n) is 2.83. The molecule has 1 unspecified atom stereocenters. The Morgan fingerprint density at radius 1 is 1.28 bits per heavy atom. The van der Waals surface area contributed by atoms with Gasteiger partial charge in [-0.1, -0.05) is 25.1 Å². The van der Waals surface area contributed by atoms with Crippen molar-refractivity contribution >= 4 is 33.0 Å². The van der Waals surface area contributed by atoms with Gasteiger partial charge in [0.05, 0.1) is 29.4 Å². The summed E-state index contributed by atoms with van der Waals surface area (Å²) in [6.07, 6.45) is 1.33. The number of carbonyl (C=O) groups excluding carboxylic acids is 1. The van der Waals surface area contributed by atoms with Gasteiger partial charge in [0.25, 0.3) is 5.69 Å². The minimum absolute atomic E-state index is 0.0352. The van der Waals surface area contributed by atoms with Gasteiger partial charge in [-0.05, 0) is 30.2 Å². The molecule has 0 aromatic heterocycles. The Balaban J connectivity index is 2.36. The summed E-state index contributed by atoms with van der Waals surface area (Å²) in [5, 5.41) is 22.4. The molecule has 2 rings (SSSR count). The van der Waals surface area contributed by atoms with E-state index in [1.165, 1.54) is 18.2 Å². The Morgan fingerprint density at radius 3 is 2.45 bits per heavy atom. The second-order valence-electron chi connectivity index (χ2n) is 6.28. The highest BCUT2D eigenvalue weighted by molar-refractivity contribution is 7.92. The highest BCUT2D eigenvalue weighted by atomic mass is 32.2. The summed E-state index contributed by atoms with van der Waals surface area (Å²) in [6, 6.07) is 12.7. The number of rotatable bonds is 8. The summed E-state index contributed by atoms with van der Waals surface area (Å²) in [4.78, 5) is 23.3. The molecule has 0 aliphatic rings. The van der Waals surface area contributed by atoms with Crippen molar-refractivity contribution in [1.29, 1.82) is 5.26 Å². The minimum Gasteiger partial charge on any atom is -0.324 e. The van der Waals surface area contributed by atoms with E-state index in [1.807, 2.05) is 6.07 Å². The van der Waals surface area contributed by atoms with Crippen LogP contribution in [-0.4, -0.2) is 31.5 Å². The number of non-ortho nitro benzene ring substituents is 1. The zero-order valence-corrected chi connectivity index (χ0v) is 16.7. The third kappa shape index (κ3) is 5.52. The molecule has 0 aliphatic heterocycles. The van der Waals surface area contributed by atoms with E-state index >= 15 is 0 Å². The van der Waals surface area contributed by atoms with Crippen molar-refractivity contribution in [2.24, 2.45) is 0 Å². The van der Waals surface area contributed by atoms with Gasteiger partial charge in [-0.15, -0.1) is 0 Å². The number of nitrogens with zero attached hydrogens (tertiary/aromatic N) is 3. The van der Waals surface area contributed by atoms with E-state index in [9.17, 15) is 23.3 Å². The smallest absolute Gasteiger partial charge is 0.271 e. The second-order valence-corrected chi connectivity index (χ2v) is 8.14. The van der Waals surface area contributed by atoms with Crippen LogP contribution < -0.4 is 9.62 Å². The molecule has 0 heterocycles. The zero-order valence-electron chi connectivity index (χ0n) is 15.9. The van der Waals surface area contributed by atoms with Crippen molar-refractivity contribution in [2.45, 2.75) is 25.8 Å². The van der Waals surface area contributed by atoms with Crippen molar-refractivity contribution in [3.8, 4) is 6.07 Å². The Kier molecular flexibility index (Phi) is 6.90. The van der Waals surface area contributed by atoms with E-state index in [0.29, 0.717) is 5.69 Å². The van der Waals surface area contributed by atoms with Gasteiger partial charge in [0.15, 0.2) is 0 Å². The molecule has 152 valence electrons. The van der Waals surface area contributed by atoms with Crippen LogP contribution in [-0.2, 0) is 21.2 Å². The van der Waals surface area contributed by atoms with Gasteiger partial charge in [-0.2, -0.15) is 5.26 Å². The van der Waals surface area contributed by atoms with Crippen molar-refractivity contribution in [3.05, 3.63) is 64.2 Å². The first-order chi connectivity index (χ1) is 13.7.